The predicted molar refractivity (Wildman–Crippen MR) is 221 cm³/mol. The van der Waals surface area contributed by atoms with E-state index in [9.17, 15) is 0 Å². The molecule has 51 heavy (non-hydrogen) atoms. The highest BCUT2D eigenvalue weighted by Gasteiger charge is 2.24. The Morgan fingerprint density at radius 3 is 1.55 bits per heavy atom. The monoisotopic (exact) mass is 649 g/mol. The lowest BCUT2D eigenvalue weighted by molar-refractivity contribution is 1.30. The first kappa shape index (κ1) is 29.5. The normalized spacial score (nSPS) is 11.8. The molecule has 0 amide bonds. The van der Waals surface area contributed by atoms with E-state index in [0.717, 1.165) is 28.1 Å². The molecule has 0 radical (unpaired) electrons. The molecule has 0 saturated heterocycles. The van der Waals surface area contributed by atoms with Crippen LogP contribution in [-0.4, -0.2) is 0 Å². The number of fused-ring (bicyclic) bond motifs is 6. The van der Waals surface area contributed by atoms with E-state index in [1.807, 2.05) is 0 Å². The van der Waals surface area contributed by atoms with Crippen LogP contribution in [0.5, 0.6) is 0 Å². The summed E-state index contributed by atoms with van der Waals surface area (Å²) in [5.41, 5.74) is 9.19. The summed E-state index contributed by atoms with van der Waals surface area (Å²) in [5.74, 6) is 0. The van der Waals surface area contributed by atoms with Gasteiger partial charge in [-0.3, -0.25) is 0 Å². The molecule has 10 aromatic carbocycles. The highest BCUT2D eigenvalue weighted by Crippen LogP contribution is 2.51. The second-order valence-corrected chi connectivity index (χ2v) is 13.9. The third-order valence-electron chi connectivity index (χ3n) is 10.8. The first-order valence-corrected chi connectivity index (χ1v) is 17.7. The smallest absolute Gasteiger partial charge is 0.0619 e. The Hall–Kier alpha value is -6.44. The van der Waals surface area contributed by atoms with Gasteiger partial charge in [0.25, 0.3) is 0 Å². The van der Waals surface area contributed by atoms with E-state index in [-0.39, 0.29) is 0 Å². The average Bonchev–Trinajstić information content (AvgIpc) is 3.17. The minimum Gasteiger partial charge on any atom is -0.309 e. The highest BCUT2D eigenvalue weighted by atomic mass is 15.1. The lowest BCUT2D eigenvalue weighted by atomic mass is 9.84. The summed E-state index contributed by atoms with van der Waals surface area (Å²) in [6, 6.07) is 60.4. The van der Waals surface area contributed by atoms with Crippen LogP contribution >= 0.6 is 0 Å². The molecule has 10 rings (SSSR count). The van der Waals surface area contributed by atoms with Gasteiger partial charge in [0.2, 0.25) is 0 Å². The van der Waals surface area contributed by atoms with Crippen LogP contribution in [0, 0.1) is 13.8 Å². The molecule has 0 spiro atoms. The fourth-order valence-electron chi connectivity index (χ4n) is 8.38. The summed E-state index contributed by atoms with van der Waals surface area (Å²) in [6.07, 6.45) is 0. The van der Waals surface area contributed by atoms with Crippen LogP contribution in [0.3, 0.4) is 0 Å². The molecule has 0 bridgehead atoms. The van der Waals surface area contributed by atoms with Crippen molar-refractivity contribution in [2.24, 2.45) is 0 Å². The van der Waals surface area contributed by atoms with Gasteiger partial charge in [-0.25, -0.2) is 0 Å². The largest absolute Gasteiger partial charge is 0.309 e. The average molecular weight is 650 g/mol. The molecule has 10 aromatic rings. The Morgan fingerprint density at radius 1 is 0.392 bits per heavy atom. The zero-order chi connectivity index (χ0) is 34.2. The van der Waals surface area contributed by atoms with Gasteiger partial charge < -0.3 is 4.90 Å². The molecule has 1 heteroatoms. The Kier molecular flexibility index (Phi) is 6.53. The minimum absolute atomic E-state index is 1.02. The van der Waals surface area contributed by atoms with E-state index in [0.29, 0.717) is 0 Å². The minimum atomic E-state index is 1.02. The number of benzene rings is 10. The molecular formula is C50H35N. The molecule has 0 unspecified atom stereocenters. The van der Waals surface area contributed by atoms with Crippen LogP contribution in [0.1, 0.15) is 22.3 Å². The van der Waals surface area contributed by atoms with E-state index in [4.69, 9.17) is 0 Å². The van der Waals surface area contributed by atoms with Crippen molar-refractivity contribution in [1.82, 2.24) is 0 Å². The zero-order valence-electron chi connectivity index (χ0n) is 28.7. The van der Waals surface area contributed by atoms with Crippen LogP contribution in [0.2, 0.25) is 0 Å². The molecule has 0 aliphatic heterocycles. The van der Waals surface area contributed by atoms with Crippen LogP contribution in [0.25, 0.3) is 70.2 Å². The number of hydrogen-bond acceptors (Lipinski definition) is 1. The first-order valence-electron chi connectivity index (χ1n) is 17.7. The molecular weight excluding hydrogens is 615 g/mol. The maximum atomic E-state index is 4.48. The predicted octanol–water partition coefficient (Wildman–Crippen LogP) is 14.2. The van der Waals surface area contributed by atoms with Crippen LogP contribution in [0.15, 0.2) is 170 Å². The maximum absolute atomic E-state index is 4.48. The van der Waals surface area contributed by atoms with Crippen LogP contribution in [-0.2, 0) is 0 Å². The van der Waals surface area contributed by atoms with Gasteiger partial charge in [-0.15, -0.1) is 0 Å². The van der Waals surface area contributed by atoms with E-state index >= 15 is 0 Å². The van der Waals surface area contributed by atoms with Gasteiger partial charge >= 0.3 is 0 Å². The molecule has 0 saturated carbocycles. The molecule has 0 N–H and O–H groups in total. The number of anilines is 3. The van der Waals surface area contributed by atoms with Gasteiger partial charge in [0.1, 0.15) is 0 Å². The van der Waals surface area contributed by atoms with Crippen molar-refractivity contribution in [3.05, 3.63) is 193 Å². The fourth-order valence-corrected chi connectivity index (χ4v) is 8.38. The van der Waals surface area contributed by atoms with E-state index in [1.54, 1.807) is 0 Å². The topological polar surface area (TPSA) is 3.24 Å². The standard InChI is InChI=1S/C50H35N/c1-31-18-22-34(23-19-31)33(3)35-24-28-39(29-25-35)51(38-26-20-32(2)21-27-38)50-42-14-7-6-13-41(42)48-43-15-8-11-37-30-36-10-4-5-12-40(36)47(46(37)43)44-16-9-17-45(50)49(44)48/h4-30H,3H2,1-2H3. The lowest BCUT2D eigenvalue weighted by Gasteiger charge is -2.30. The molecule has 240 valence electrons. The molecule has 0 heterocycles. The molecule has 0 aliphatic rings. The summed E-state index contributed by atoms with van der Waals surface area (Å²) in [6.45, 7) is 8.76. The van der Waals surface area contributed by atoms with Crippen LogP contribution < -0.4 is 4.90 Å². The summed E-state index contributed by atoms with van der Waals surface area (Å²) in [5, 5.41) is 15.5. The highest BCUT2D eigenvalue weighted by molar-refractivity contribution is 6.43. The second kappa shape index (κ2) is 11.3. The Balaban J connectivity index is 1.31. The van der Waals surface area contributed by atoms with E-state index in [1.165, 1.54) is 81.4 Å². The van der Waals surface area contributed by atoms with Gasteiger partial charge in [-0.05, 0) is 109 Å². The molecule has 0 aromatic heterocycles. The molecule has 1 nitrogen and oxygen atoms in total. The Labute approximate surface area is 297 Å². The number of rotatable bonds is 5. The van der Waals surface area contributed by atoms with Gasteiger partial charge in [0.15, 0.2) is 0 Å². The first-order chi connectivity index (χ1) is 25.0. The summed E-state index contributed by atoms with van der Waals surface area (Å²) in [7, 11) is 0. The third-order valence-corrected chi connectivity index (χ3v) is 10.8. The summed E-state index contributed by atoms with van der Waals surface area (Å²) < 4.78 is 0. The van der Waals surface area contributed by atoms with Crippen LogP contribution in [0.4, 0.5) is 17.1 Å². The Morgan fingerprint density at radius 2 is 0.843 bits per heavy atom. The van der Waals surface area contributed by atoms with Gasteiger partial charge in [0, 0.05) is 27.5 Å². The molecule has 0 fully saturated rings. The Bertz CT molecular complexity index is 2970. The molecule has 0 atom stereocenters. The number of aryl methyl sites for hydroxylation is 2. The number of hydrogen-bond donors (Lipinski definition) is 0. The SMILES string of the molecule is C=C(c1ccc(C)cc1)c1ccc(N(c2ccc(C)cc2)c2c3ccccc3c3c4cccc5cc6ccccc6c(c6cccc2c63)c54)cc1. The second-order valence-electron chi connectivity index (χ2n) is 13.9. The van der Waals surface area contributed by atoms with Crippen molar-refractivity contribution in [2.45, 2.75) is 13.8 Å². The third kappa shape index (κ3) is 4.48. The van der Waals surface area contributed by atoms with E-state index < -0.39 is 0 Å². The van der Waals surface area contributed by atoms with Gasteiger partial charge in [-0.2, -0.15) is 0 Å². The number of nitrogens with zero attached hydrogens (tertiary/aromatic N) is 1. The maximum Gasteiger partial charge on any atom is 0.0619 e. The van der Waals surface area contributed by atoms with Crippen molar-refractivity contribution >= 4 is 87.3 Å². The zero-order valence-corrected chi connectivity index (χ0v) is 28.7. The lowest BCUT2D eigenvalue weighted by Crippen LogP contribution is -2.11. The van der Waals surface area contributed by atoms with Crippen molar-refractivity contribution in [3.63, 3.8) is 0 Å². The fraction of sp³-hybridized carbons (Fsp3) is 0.0400. The van der Waals surface area contributed by atoms with Crippen molar-refractivity contribution in [2.75, 3.05) is 4.90 Å². The quantitative estimate of drug-likeness (QED) is 0.132. The van der Waals surface area contributed by atoms with E-state index in [2.05, 4.69) is 189 Å². The van der Waals surface area contributed by atoms with Gasteiger partial charge in [-0.1, -0.05) is 151 Å². The summed E-state index contributed by atoms with van der Waals surface area (Å²) >= 11 is 0. The molecule has 0 aliphatic carbocycles. The summed E-state index contributed by atoms with van der Waals surface area (Å²) in [4.78, 5) is 2.46. The van der Waals surface area contributed by atoms with Crippen molar-refractivity contribution < 1.29 is 0 Å². The van der Waals surface area contributed by atoms with Crippen molar-refractivity contribution in [1.29, 1.82) is 0 Å². The van der Waals surface area contributed by atoms with Crippen molar-refractivity contribution in [3.8, 4) is 0 Å². The van der Waals surface area contributed by atoms with Gasteiger partial charge in [0.05, 0.1) is 5.69 Å².